The van der Waals surface area contributed by atoms with Gasteiger partial charge in [0.05, 0.1) is 5.69 Å². The molecule has 1 fully saturated rings. The lowest BCUT2D eigenvalue weighted by Gasteiger charge is -2.13. The molecule has 1 saturated heterocycles. The number of aryl methyl sites for hydroxylation is 1. The first-order chi connectivity index (χ1) is 10.0. The fourth-order valence-corrected chi connectivity index (χ4v) is 3.93. The summed E-state index contributed by atoms with van der Waals surface area (Å²) >= 11 is 1.90. The molecule has 120 valence electrons. The van der Waals surface area contributed by atoms with Crippen LogP contribution in [-0.2, 0) is 13.0 Å². The molecule has 2 atom stereocenters. The molecule has 0 amide bonds. The maximum absolute atomic E-state index is 4.95. The van der Waals surface area contributed by atoms with E-state index >= 15 is 0 Å². The second-order valence-electron chi connectivity index (χ2n) is 7.00. The molecule has 1 aromatic rings. The summed E-state index contributed by atoms with van der Waals surface area (Å²) in [6, 6.07) is 0. The minimum absolute atomic E-state index is 0.701. The Kier molecular flexibility index (Phi) is 6.06. The van der Waals surface area contributed by atoms with Crippen LogP contribution in [0.2, 0.25) is 0 Å². The number of aromatic nitrogens is 1. The molecule has 2 unspecified atom stereocenters. The predicted octanol–water partition coefficient (Wildman–Crippen LogP) is 3.93. The predicted molar refractivity (Wildman–Crippen MR) is 93.2 cm³/mol. The number of nitrogens with one attached hydrogen (secondary N) is 1. The minimum atomic E-state index is 0.701. The molecule has 0 radical (unpaired) electrons. The van der Waals surface area contributed by atoms with Crippen LogP contribution in [-0.4, -0.2) is 24.6 Å². The van der Waals surface area contributed by atoms with Crippen molar-refractivity contribution in [2.24, 2.45) is 17.8 Å². The molecular weight excluding hydrogens is 278 g/mol. The normalized spacial score (nSPS) is 22.5. The third kappa shape index (κ3) is 4.43. The van der Waals surface area contributed by atoms with E-state index in [0.717, 1.165) is 31.3 Å². The highest BCUT2D eigenvalue weighted by Gasteiger charge is 2.28. The Morgan fingerprint density at radius 3 is 2.52 bits per heavy atom. The van der Waals surface area contributed by atoms with E-state index in [1.165, 1.54) is 35.2 Å². The number of rotatable bonds is 7. The maximum Gasteiger partial charge on any atom is 0.185 e. The van der Waals surface area contributed by atoms with Crippen LogP contribution in [0.25, 0.3) is 0 Å². The lowest BCUT2D eigenvalue weighted by Crippen LogP contribution is -2.19. The van der Waals surface area contributed by atoms with E-state index in [0.29, 0.717) is 5.92 Å². The first kappa shape index (κ1) is 16.8. The number of hydrogen-bond donors (Lipinski definition) is 1. The zero-order valence-corrected chi connectivity index (χ0v) is 15.1. The third-order valence-corrected chi connectivity index (χ3v) is 5.51. The van der Waals surface area contributed by atoms with Gasteiger partial charge in [0.1, 0.15) is 0 Å². The summed E-state index contributed by atoms with van der Waals surface area (Å²) < 4.78 is 0. The average Bonchev–Trinajstić information content (AvgIpc) is 2.95. The Morgan fingerprint density at radius 1 is 1.29 bits per heavy atom. The Hall–Kier alpha value is -0.610. The van der Waals surface area contributed by atoms with Gasteiger partial charge in [0.2, 0.25) is 0 Å². The van der Waals surface area contributed by atoms with E-state index in [9.17, 15) is 0 Å². The van der Waals surface area contributed by atoms with E-state index in [1.54, 1.807) is 0 Å². The first-order valence-electron chi connectivity index (χ1n) is 8.45. The molecule has 21 heavy (non-hydrogen) atoms. The van der Waals surface area contributed by atoms with Crippen LogP contribution in [0, 0.1) is 17.8 Å². The van der Waals surface area contributed by atoms with E-state index in [-0.39, 0.29) is 0 Å². The molecule has 1 N–H and O–H groups in total. The SMILES string of the molecule is CCCc1nc(N2CC(C)C(C)C2)sc1CNCC(C)C. The molecule has 1 aliphatic heterocycles. The molecule has 1 aromatic heterocycles. The smallest absolute Gasteiger partial charge is 0.185 e. The molecule has 0 bridgehead atoms. The number of hydrogen-bond acceptors (Lipinski definition) is 4. The van der Waals surface area contributed by atoms with Crippen molar-refractivity contribution in [1.82, 2.24) is 10.3 Å². The lowest BCUT2D eigenvalue weighted by atomic mass is 10.0. The summed E-state index contributed by atoms with van der Waals surface area (Å²) in [6.07, 6.45) is 2.28. The van der Waals surface area contributed by atoms with Gasteiger partial charge >= 0.3 is 0 Å². The summed E-state index contributed by atoms with van der Waals surface area (Å²) in [5.74, 6) is 2.27. The largest absolute Gasteiger partial charge is 0.348 e. The average molecular weight is 310 g/mol. The van der Waals surface area contributed by atoms with Crippen molar-refractivity contribution in [3.63, 3.8) is 0 Å². The van der Waals surface area contributed by atoms with Crippen molar-refractivity contribution in [2.45, 2.75) is 54.0 Å². The Bertz CT molecular complexity index is 431. The molecule has 0 saturated carbocycles. The van der Waals surface area contributed by atoms with Crippen molar-refractivity contribution in [3.05, 3.63) is 10.6 Å². The van der Waals surface area contributed by atoms with Crippen LogP contribution in [0.3, 0.4) is 0 Å². The van der Waals surface area contributed by atoms with Gasteiger partial charge in [-0.25, -0.2) is 4.98 Å². The minimum Gasteiger partial charge on any atom is -0.348 e. The van der Waals surface area contributed by atoms with Crippen LogP contribution >= 0.6 is 11.3 Å². The van der Waals surface area contributed by atoms with Gasteiger partial charge in [-0.15, -0.1) is 11.3 Å². The van der Waals surface area contributed by atoms with Crippen LogP contribution < -0.4 is 10.2 Å². The van der Waals surface area contributed by atoms with Gasteiger partial charge in [0, 0.05) is 24.5 Å². The Balaban J connectivity index is 2.05. The fraction of sp³-hybridized carbons (Fsp3) is 0.824. The van der Waals surface area contributed by atoms with Gasteiger partial charge in [-0.2, -0.15) is 0 Å². The van der Waals surface area contributed by atoms with Gasteiger partial charge in [-0.1, -0.05) is 41.0 Å². The highest BCUT2D eigenvalue weighted by molar-refractivity contribution is 7.15. The zero-order valence-electron chi connectivity index (χ0n) is 14.3. The van der Waals surface area contributed by atoms with Gasteiger partial charge in [-0.3, -0.25) is 0 Å². The van der Waals surface area contributed by atoms with Crippen molar-refractivity contribution in [2.75, 3.05) is 24.5 Å². The van der Waals surface area contributed by atoms with Gasteiger partial charge in [0.15, 0.2) is 5.13 Å². The van der Waals surface area contributed by atoms with Crippen LogP contribution in [0.1, 0.15) is 51.6 Å². The second-order valence-corrected chi connectivity index (χ2v) is 8.06. The van der Waals surface area contributed by atoms with Crippen molar-refractivity contribution >= 4 is 16.5 Å². The molecule has 0 spiro atoms. The summed E-state index contributed by atoms with van der Waals surface area (Å²) in [7, 11) is 0. The first-order valence-corrected chi connectivity index (χ1v) is 9.27. The molecular formula is C17H31N3S. The van der Waals surface area contributed by atoms with Gasteiger partial charge in [-0.05, 0) is 30.7 Å². The van der Waals surface area contributed by atoms with Gasteiger partial charge in [0.25, 0.3) is 0 Å². The number of anilines is 1. The highest BCUT2D eigenvalue weighted by atomic mass is 32.1. The topological polar surface area (TPSA) is 28.2 Å². The summed E-state index contributed by atoms with van der Waals surface area (Å²) in [5.41, 5.74) is 1.32. The summed E-state index contributed by atoms with van der Waals surface area (Å²) in [6.45, 7) is 15.9. The fourth-order valence-electron chi connectivity index (χ4n) is 2.84. The highest BCUT2D eigenvalue weighted by Crippen LogP contribution is 2.33. The van der Waals surface area contributed by atoms with E-state index in [4.69, 9.17) is 4.98 Å². The molecule has 3 nitrogen and oxygen atoms in total. The Labute approximate surface area is 134 Å². The van der Waals surface area contributed by atoms with Crippen LogP contribution in [0.15, 0.2) is 0 Å². The van der Waals surface area contributed by atoms with Crippen LogP contribution in [0.4, 0.5) is 5.13 Å². The van der Waals surface area contributed by atoms with Crippen molar-refractivity contribution < 1.29 is 0 Å². The second kappa shape index (κ2) is 7.59. The molecule has 4 heteroatoms. The van der Waals surface area contributed by atoms with E-state index in [2.05, 4.69) is 44.8 Å². The molecule has 2 rings (SSSR count). The lowest BCUT2D eigenvalue weighted by molar-refractivity contribution is 0.494. The van der Waals surface area contributed by atoms with Crippen molar-refractivity contribution in [1.29, 1.82) is 0 Å². The van der Waals surface area contributed by atoms with E-state index < -0.39 is 0 Å². The monoisotopic (exact) mass is 309 g/mol. The van der Waals surface area contributed by atoms with Gasteiger partial charge < -0.3 is 10.2 Å². The zero-order chi connectivity index (χ0) is 15.4. The molecule has 1 aliphatic rings. The number of nitrogens with zero attached hydrogens (tertiary/aromatic N) is 2. The maximum atomic E-state index is 4.95. The van der Waals surface area contributed by atoms with Crippen molar-refractivity contribution in [3.8, 4) is 0 Å². The Morgan fingerprint density at radius 2 is 1.95 bits per heavy atom. The van der Waals surface area contributed by atoms with E-state index in [1.807, 2.05) is 11.3 Å². The quantitative estimate of drug-likeness (QED) is 0.827. The standard InChI is InChI=1S/C17H31N3S/c1-6-7-15-16(9-18-8-12(2)3)21-17(19-15)20-10-13(4)14(5)11-20/h12-14,18H,6-11H2,1-5H3. The van der Waals surface area contributed by atoms with Crippen LogP contribution in [0.5, 0.6) is 0 Å². The number of thiazole rings is 1. The third-order valence-electron chi connectivity index (χ3n) is 4.35. The summed E-state index contributed by atoms with van der Waals surface area (Å²) in [4.78, 5) is 8.89. The molecule has 0 aliphatic carbocycles. The summed E-state index contributed by atoms with van der Waals surface area (Å²) in [5, 5.41) is 4.82. The molecule has 0 aromatic carbocycles. The molecule has 2 heterocycles.